The Kier molecular flexibility index (Phi) is 7.34. The predicted octanol–water partition coefficient (Wildman–Crippen LogP) is 1.97. The second-order valence-electron chi connectivity index (χ2n) is 6.37. The molecule has 1 aliphatic heterocycles. The van der Waals surface area contributed by atoms with E-state index >= 15 is 0 Å². The maximum Gasteiger partial charge on any atom is 0.319 e. The average molecular weight is 334 g/mol. The van der Waals surface area contributed by atoms with Gasteiger partial charge >= 0.3 is 6.03 Å². The molecule has 24 heavy (non-hydrogen) atoms. The van der Waals surface area contributed by atoms with E-state index in [4.69, 9.17) is 5.11 Å². The molecule has 1 aromatic rings. The first-order valence-corrected chi connectivity index (χ1v) is 8.82. The molecular formula is C18H30N4O2. The van der Waals surface area contributed by atoms with E-state index in [9.17, 15) is 4.79 Å². The average Bonchev–Trinajstić information content (AvgIpc) is 2.61. The molecule has 2 rings (SSSR count). The van der Waals surface area contributed by atoms with Crippen LogP contribution in [0.4, 0.5) is 16.2 Å². The largest absolute Gasteiger partial charge is 0.395 e. The summed E-state index contributed by atoms with van der Waals surface area (Å²) in [6.45, 7) is 6.63. The van der Waals surface area contributed by atoms with Crippen molar-refractivity contribution in [2.75, 3.05) is 56.6 Å². The lowest BCUT2D eigenvalue weighted by Crippen LogP contribution is -2.40. The van der Waals surface area contributed by atoms with Crippen molar-refractivity contribution in [1.82, 2.24) is 10.2 Å². The van der Waals surface area contributed by atoms with Crippen molar-refractivity contribution in [3.63, 3.8) is 0 Å². The number of nitrogens with one attached hydrogen (secondary N) is 2. The van der Waals surface area contributed by atoms with Crippen molar-refractivity contribution >= 4 is 17.4 Å². The lowest BCUT2D eigenvalue weighted by atomic mass is 9.97. The zero-order valence-corrected chi connectivity index (χ0v) is 14.8. The van der Waals surface area contributed by atoms with Crippen molar-refractivity contribution in [3.8, 4) is 0 Å². The Balaban J connectivity index is 1.78. The lowest BCUT2D eigenvalue weighted by Gasteiger charge is -2.31. The molecule has 1 fully saturated rings. The molecule has 0 spiro atoms. The predicted molar refractivity (Wildman–Crippen MR) is 98.7 cm³/mol. The molecule has 0 bridgehead atoms. The highest BCUT2D eigenvalue weighted by atomic mass is 16.3. The number of aliphatic hydroxyl groups is 1. The van der Waals surface area contributed by atoms with Crippen LogP contribution in [0.5, 0.6) is 0 Å². The zero-order chi connectivity index (χ0) is 17.4. The number of para-hydroxylation sites is 2. The molecule has 6 nitrogen and oxygen atoms in total. The van der Waals surface area contributed by atoms with E-state index in [0.29, 0.717) is 12.5 Å². The molecule has 1 heterocycles. The van der Waals surface area contributed by atoms with Gasteiger partial charge in [-0.15, -0.1) is 0 Å². The molecule has 1 saturated heterocycles. The number of carbonyl (C=O) groups excluding carboxylic acids is 1. The number of hydrogen-bond donors (Lipinski definition) is 3. The van der Waals surface area contributed by atoms with Gasteiger partial charge in [0.15, 0.2) is 0 Å². The number of anilines is 2. The Morgan fingerprint density at radius 1 is 1.33 bits per heavy atom. The summed E-state index contributed by atoms with van der Waals surface area (Å²) >= 11 is 0. The van der Waals surface area contributed by atoms with Crippen molar-refractivity contribution in [2.24, 2.45) is 5.92 Å². The van der Waals surface area contributed by atoms with Crippen LogP contribution < -0.4 is 15.5 Å². The highest BCUT2D eigenvalue weighted by molar-refractivity contribution is 5.93. The Labute approximate surface area is 144 Å². The third-order valence-electron chi connectivity index (χ3n) is 4.71. The van der Waals surface area contributed by atoms with Gasteiger partial charge in [-0.2, -0.15) is 0 Å². The molecule has 0 atom stereocenters. The highest BCUT2D eigenvalue weighted by Crippen LogP contribution is 2.24. The molecule has 2 amide bonds. The quantitative estimate of drug-likeness (QED) is 0.713. The molecular weight excluding hydrogens is 304 g/mol. The van der Waals surface area contributed by atoms with Crippen LogP contribution in [0.3, 0.4) is 0 Å². The smallest absolute Gasteiger partial charge is 0.319 e. The monoisotopic (exact) mass is 334 g/mol. The minimum atomic E-state index is -0.148. The number of carbonyl (C=O) groups is 1. The van der Waals surface area contributed by atoms with Crippen LogP contribution >= 0.6 is 0 Å². The standard InChI is InChI=1S/C18H30N4O2/c1-3-21(2)17-7-5-4-6-16(17)20-18(24)19-14-15-8-10-22(11-9-15)12-13-23/h4-7,15,23H,3,8-14H2,1-2H3,(H2,19,20,24). The topological polar surface area (TPSA) is 67.8 Å². The molecule has 1 aromatic carbocycles. The van der Waals surface area contributed by atoms with Gasteiger partial charge in [-0.3, -0.25) is 0 Å². The van der Waals surface area contributed by atoms with Gasteiger partial charge in [0.1, 0.15) is 0 Å². The van der Waals surface area contributed by atoms with E-state index in [1.165, 1.54) is 0 Å². The van der Waals surface area contributed by atoms with E-state index in [0.717, 1.165) is 50.4 Å². The molecule has 0 unspecified atom stereocenters. The first-order valence-electron chi connectivity index (χ1n) is 8.82. The summed E-state index contributed by atoms with van der Waals surface area (Å²) in [6.07, 6.45) is 2.13. The molecule has 0 aliphatic carbocycles. The molecule has 1 aliphatic rings. The first kappa shape index (κ1) is 18.5. The van der Waals surface area contributed by atoms with Crippen LogP contribution in [0.1, 0.15) is 19.8 Å². The van der Waals surface area contributed by atoms with Gasteiger partial charge in [0.2, 0.25) is 0 Å². The van der Waals surface area contributed by atoms with Crippen LogP contribution in [-0.2, 0) is 0 Å². The van der Waals surface area contributed by atoms with Gasteiger partial charge in [-0.1, -0.05) is 12.1 Å². The first-order chi connectivity index (χ1) is 11.6. The minimum absolute atomic E-state index is 0.148. The van der Waals surface area contributed by atoms with Gasteiger partial charge < -0.3 is 25.5 Å². The summed E-state index contributed by atoms with van der Waals surface area (Å²) in [6, 6.07) is 7.69. The number of nitrogens with zero attached hydrogens (tertiary/aromatic N) is 2. The Morgan fingerprint density at radius 3 is 2.71 bits per heavy atom. The molecule has 3 N–H and O–H groups in total. The Hall–Kier alpha value is -1.79. The maximum atomic E-state index is 12.2. The van der Waals surface area contributed by atoms with E-state index in [1.807, 2.05) is 31.3 Å². The summed E-state index contributed by atoms with van der Waals surface area (Å²) < 4.78 is 0. The summed E-state index contributed by atoms with van der Waals surface area (Å²) in [5.74, 6) is 0.513. The van der Waals surface area contributed by atoms with Crippen molar-refractivity contribution in [2.45, 2.75) is 19.8 Å². The lowest BCUT2D eigenvalue weighted by molar-refractivity contribution is 0.147. The number of amides is 2. The minimum Gasteiger partial charge on any atom is -0.395 e. The number of β-amino-alcohol motifs (C(OH)–C–C–N with tert-alkyl or cyclic N) is 1. The molecule has 0 radical (unpaired) electrons. The fourth-order valence-electron chi connectivity index (χ4n) is 3.04. The van der Waals surface area contributed by atoms with E-state index < -0.39 is 0 Å². The van der Waals surface area contributed by atoms with Crippen LogP contribution in [0.2, 0.25) is 0 Å². The summed E-state index contributed by atoms with van der Waals surface area (Å²) in [7, 11) is 2.01. The Morgan fingerprint density at radius 2 is 2.04 bits per heavy atom. The Bertz CT molecular complexity index is 515. The second-order valence-corrected chi connectivity index (χ2v) is 6.37. The van der Waals surface area contributed by atoms with Gasteiger partial charge in [0.25, 0.3) is 0 Å². The number of benzene rings is 1. The number of urea groups is 1. The number of hydrogen-bond acceptors (Lipinski definition) is 4. The van der Waals surface area contributed by atoms with Crippen LogP contribution in [-0.4, -0.2) is 62.4 Å². The van der Waals surface area contributed by atoms with Gasteiger partial charge in [0.05, 0.1) is 18.0 Å². The normalized spacial score (nSPS) is 16.0. The van der Waals surface area contributed by atoms with Crippen LogP contribution in [0.25, 0.3) is 0 Å². The van der Waals surface area contributed by atoms with Crippen LogP contribution in [0.15, 0.2) is 24.3 Å². The van der Waals surface area contributed by atoms with Crippen LogP contribution in [0, 0.1) is 5.92 Å². The number of aliphatic hydroxyl groups excluding tert-OH is 1. The molecule has 0 saturated carbocycles. The van der Waals surface area contributed by atoms with E-state index in [-0.39, 0.29) is 12.6 Å². The highest BCUT2D eigenvalue weighted by Gasteiger charge is 2.19. The van der Waals surface area contributed by atoms with Gasteiger partial charge in [0, 0.05) is 26.7 Å². The maximum absolute atomic E-state index is 12.2. The SMILES string of the molecule is CCN(C)c1ccccc1NC(=O)NCC1CCN(CCO)CC1. The number of likely N-dealkylation sites (tertiary alicyclic amines) is 1. The summed E-state index contributed by atoms with van der Waals surface area (Å²) in [4.78, 5) is 16.6. The zero-order valence-electron chi connectivity index (χ0n) is 14.8. The molecule has 0 aromatic heterocycles. The summed E-state index contributed by atoms with van der Waals surface area (Å²) in [5.41, 5.74) is 1.85. The fourth-order valence-corrected chi connectivity index (χ4v) is 3.04. The van der Waals surface area contributed by atoms with Gasteiger partial charge in [-0.05, 0) is 50.9 Å². The third kappa shape index (κ3) is 5.39. The van der Waals surface area contributed by atoms with E-state index in [2.05, 4.69) is 27.4 Å². The number of piperidine rings is 1. The van der Waals surface area contributed by atoms with Crippen molar-refractivity contribution in [1.29, 1.82) is 0 Å². The fraction of sp³-hybridized carbons (Fsp3) is 0.611. The molecule has 134 valence electrons. The van der Waals surface area contributed by atoms with Crippen molar-refractivity contribution < 1.29 is 9.90 Å². The second kappa shape index (κ2) is 9.49. The molecule has 6 heteroatoms. The van der Waals surface area contributed by atoms with E-state index in [1.54, 1.807) is 0 Å². The van der Waals surface area contributed by atoms with Gasteiger partial charge in [-0.25, -0.2) is 4.79 Å². The number of rotatable bonds is 7. The third-order valence-corrected chi connectivity index (χ3v) is 4.71. The summed E-state index contributed by atoms with van der Waals surface area (Å²) in [5, 5.41) is 14.9. The van der Waals surface area contributed by atoms with Crippen molar-refractivity contribution in [3.05, 3.63) is 24.3 Å².